The Morgan fingerprint density at radius 2 is 1.77 bits per heavy atom. The predicted molar refractivity (Wildman–Crippen MR) is 89.3 cm³/mol. The summed E-state index contributed by atoms with van der Waals surface area (Å²) in [5.41, 5.74) is 2.10. The maximum absolute atomic E-state index is 12.1. The Morgan fingerprint density at radius 1 is 1.14 bits per heavy atom. The summed E-state index contributed by atoms with van der Waals surface area (Å²) < 4.78 is 22.3. The number of benzene rings is 2. The molecule has 0 fully saturated rings. The SMILES string of the molecule is Cc1cccc(C(=S)C(=O)Nc2ccc(S(N)(=O)=O)cc2)c1. The summed E-state index contributed by atoms with van der Waals surface area (Å²) in [4.78, 5) is 12.3. The number of hydrogen-bond donors (Lipinski definition) is 2. The van der Waals surface area contributed by atoms with Crippen LogP contribution in [0.5, 0.6) is 0 Å². The summed E-state index contributed by atoms with van der Waals surface area (Å²) in [6.45, 7) is 1.91. The zero-order valence-electron chi connectivity index (χ0n) is 11.7. The largest absolute Gasteiger partial charge is 0.321 e. The van der Waals surface area contributed by atoms with Crippen molar-refractivity contribution in [1.82, 2.24) is 0 Å². The molecule has 0 saturated carbocycles. The number of amides is 1. The molecule has 2 aromatic carbocycles. The van der Waals surface area contributed by atoms with Crippen LogP contribution < -0.4 is 10.5 Å². The maximum atomic E-state index is 12.1. The summed E-state index contributed by atoms with van der Waals surface area (Å²) in [5.74, 6) is -0.427. The summed E-state index contributed by atoms with van der Waals surface area (Å²) in [7, 11) is -3.75. The first kappa shape index (κ1) is 16.3. The van der Waals surface area contributed by atoms with Crippen LogP contribution in [0.1, 0.15) is 11.1 Å². The van der Waals surface area contributed by atoms with E-state index in [-0.39, 0.29) is 9.76 Å². The molecule has 0 atom stereocenters. The molecule has 5 nitrogen and oxygen atoms in total. The highest BCUT2D eigenvalue weighted by molar-refractivity contribution is 7.89. The van der Waals surface area contributed by atoms with E-state index in [0.29, 0.717) is 11.3 Å². The van der Waals surface area contributed by atoms with Crippen molar-refractivity contribution in [2.75, 3.05) is 5.32 Å². The number of rotatable bonds is 4. The van der Waals surface area contributed by atoms with Crippen molar-refractivity contribution < 1.29 is 13.2 Å². The Labute approximate surface area is 134 Å². The first-order valence-corrected chi connectivity index (χ1v) is 8.28. The number of carbonyl (C=O) groups excluding carboxylic acids is 1. The maximum Gasteiger partial charge on any atom is 0.267 e. The molecular formula is C15H14N2O3S2. The van der Waals surface area contributed by atoms with Crippen molar-refractivity contribution >= 4 is 38.7 Å². The molecule has 22 heavy (non-hydrogen) atoms. The predicted octanol–water partition coefficient (Wildman–Crippen LogP) is 2.00. The quantitative estimate of drug-likeness (QED) is 0.661. The summed E-state index contributed by atoms with van der Waals surface area (Å²) in [5, 5.41) is 7.63. The third-order valence-electron chi connectivity index (χ3n) is 2.93. The van der Waals surface area contributed by atoms with Gasteiger partial charge in [-0.1, -0.05) is 42.0 Å². The summed E-state index contributed by atoms with van der Waals surface area (Å²) in [6, 6.07) is 12.9. The molecule has 3 N–H and O–H groups in total. The number of hydrogen-bond acceptors (Lipinski definition) is 4. The molecule has 0 aliphatic carbocycles. The minimum atomic E-state index is -3.75. The van der Waals surface area contributed by atoms with Crippen LogP contribution in [0.3, 0.4) is 0 Å². The Bertz CT molecular complexity index is 828. The number of nitrogens with one attached hydrogen (secondary N) is 1. The van der Waals surface area contributed by atoms with Crippen molar-refractivity contribution in [3.05, 3.63) is 59.7 Å². The van der Waals surface area contributed by atoms with Crippen LogP contribution >= 0.6 is 12.2 Å². The number of anilines is 1. The van der Waals surface area contributed by atoms with Gasteiger partial charge in [0, 0.05) is 5.69 Å². The first-order valence-electron chi connectivity index (χ1n) is 6.32. The van der Waals surface area contributed by atoms with Crippen LogP contribution in [0.2, 0.25) is 0 Å². The van der Waals surface area contributed by atoms with Gasteiger partial charge >= 0.3 is 0 Å². The van der Waals surface area contributed by atoms with Gasteiger partial charge in [-0.15, -0.1) is 0 Å². The summed E-state index contributed by atoms with van der Waals surface area (Å²) >= 11 is 5.16. The fourth-order valence-electron chi connectivity index (χ4n) is 1.83. The minimum Gasteiger partial charge on any atom is -0.321 e. The van der Waals surface area contributed by atoms with Gasteiger partial charge in [0.25, 0.3) is 5.91 Å². The molecule has 2 rings (SSSR count). The number of aryl methyl sites for hydroxylation is 1. The molecule has 0 radical (unpaired) electrons. The molecule has 0 bridgehead atoms. The third kappa shape index (κ3) is 3.97. The molecule has 0 aliphatic heterocycles. The van der Waals surface area contributed by atoms with Crippen molar-refractivity contribution in [2.45, 2.75) is 11.8 Å². The van der Waals surface area contributed by atoms with Crippen LogP contribution in [-0.2, 0) is 14.8 Å². The topological polar surface area (TPSA) is 89.3 Å². The Balaban J connectivity index is 2.13. The lowest BCUT2D eigenvalue weighted by Gasteiger charge is -2.07. The van der Waals surface area contributed by atoms with Crippen molar-refractivity contribution in [1.29, 1.82) is 0 Å². The molecule has 114 valence electrons. The smallest absolute Gasteiger partial charge is 0.267 e. The van der Waals surface area contributed by atoms with Gasteiger partial charge in [-0.3, -0.25) is 4.79 Å². The number of carbonyl (C=O) groups is 1. The molecule has 0 heterocycles. The van der Waals surface area contributed by atoms with Crippen molar-refractivity contribution in [3.8, 4) is 0 Å². The minimum absolute atomic E-state index is 0.0215. The molecule has 0 spiro atoms. The van der Waals surface area contributed by atoms with Gasteiger partial charge in [0.2, 0.25) is 10.0 Å². The monoisotopic (exact) mass is 334 g/mol. The van der Waals surface area contributed by atoms with Crippen LogP contribution in [0, 0.1) is 6.92 Å². The van der Waals surface area contributed by atoms with Gasteiger partial charge in [0.15, 0.2) is 0 Å². The Hall–Kier alpha value is -2.09. The van der Waals surface area contributed by atoms with Crippen LogP contribution in [0.15, 0.2) is 53.4 Å². The highest BCUT2D eigenvalue weighted by Crippen LogP contribution is 2.14. The highest BCUT2D eigenvalue weighted by Gasteiger charge is 2.13. The van der Waals surface area contributed by atoms with Gasteiger partial charge < -0.3 is 5.32 Å². The second-order valence-electron chi connectivity index (χ2n) is 4.72. The Kier molecular flexibility index (Phi) is 4.70. The second kappa shape index (κ2) is 6.35. The molecule has 7 heteroatoms. The standard InChI is InChI=1S/C15H14N2O3S2/c1-10-3-2-4-11(9-10)14(21)15(18)17-12-5-7-13(8-6-12)22(16,19)20/h2-9H,1H3,(H,17,18)(H2,16,19,20). The average Bonchev–Trinajstić information content (AvgIpc) is 2.46. The number of thiocarbonyl (C=S) groups is 1. The van der Waals surface area contributed by atoms with Gasteiger partial charge in [0.05, 0.1) is 4.90 Å². The van der Waals surface area contributed by atoms with Crippen LogP contribution in [0.25, 0.3) is 0 Å². The molecule has 0 aromatic heterocycles. The summed E-state index contributed by atoms with van der Waals surface area (Å²) in [6.07, 6.45) is 0. The van der Waals surface area contributed by atoms with Gasteiger partial charge in [-0.05, 0) is 36.8 Å². The zero-order valence-corrected chi connectivity index (χ0v) is 13.4. The third-order valence-corrected chi connectivity index (χ3v) is 4.28. The van der Waals surface area contributed by atoms with Crippen LogP contribution in [0.4, 0.5) is 5.69 Å². The second-order valence-corrected chi connectivity index (χ2v) is 6.69. The molecule has 0 unspecified atom stereocenters. The van der Waals surface area contributed by atoms with Gasteiger partial charge in [-0.25, -0.2) is 13.6 Å². The molecule has 1 amide bonds. The van der Waals surface area contributed by atoms with E-state index < -0.39 is 15.9 Å². The number of sulfonamides is 1. The fraction of sp³-hybridized carbons (Fsp3) is 0.0667. The van der Waals surface area contributed by atoms with E-state index >= 15 is 0 Å². The zero-order chi connectivity index (χ0) is 16.3. The van der Waals surface area contributed by atoms with Gasteiger partial charge in [-0.2, -0.15) is 0 Å². The van der Waals surface area contributed by atoms with E-state index in [1.54, 1.807) is 6.07 Å². The lowest BCUT2D eigenvalue weighted by molar-refractivity contribution is -0.110. The van der Waals surface area contributed by atoms with E-state index in [2.05, 4.69) is 5.32 Å². The fourth-order valence-corrected chi connectivity index (χ4v) is 2.53. The first-order chi connectivity index (χ1) is 10.3. The number of nitrogens with two attached hydrogens (primary N) is 1. The van der Waals surface area contributed by atoms with Crippen molar-refractivity contribution in [3.63, 3.8) is 0 Å². The van der Waals surface area contributed by atoms with E-state index in [0.717, 1.165) is 5.56 Å². The lowest BCUT2D eigenvalue weighted by atomic mass is 10.1. The normalized spacial score (nSPS) is 11.0. The van der Waals surface area contributed by atoms with E-state index in [4.69, 9.17) is 17.4 Å². The molecule has 0 saturated heterocycles. The van der Waals surface area contributed by atoms with Crippen LogP contribution in [-0.4, -0.2) is 19.2 Å². The average molecular weight is 334 g/mol. The van der Waals surface area contributed by atoms with E-state index in [9.17, 15) is 13.2 Å². The molecular weight excluding hydrogens is 320 g/mol. The van der Waals surface area contributed by atoms with Gasteiger partial charge in [0.1, 0.15) is 4.86 Å². The molecule has 0 aliphatic rings. The number of primary sulfonamides is 1. The molecule has 2 aromatic rings. The van der Waals surface area contributed by atoms with E-state index in [1.807, 2.05) is 25.1 Å². The van der Waals surface area contributed by atoms with E-state index in [1.165, 1.54) is 24.3 Å². The highest BCUT2D eigenvalue weighted by atomic mass is 32.2. The lowest BCUT2D eigenvalue weighted by Crippen LogP contribution is -2.22. The van der Waals surface area contributed by atoms with Crippen molar-refractivity contribution in [2.24, 2.45) is 5.14 Å². The Morgan fingerprint density at radius 3 is 2.32 bits per heavy atom.